The van der Waals surface area contributed by atoms with Gasteiger partial charge in [-0.3, -0.25) is 4.79 Å². The third-order valence-electron chi connectivity index (χ3n) is 3.45. The number of hydrogen-bond acceptors (Lipinski definition) is 5. The number of carbonyl (C=O) groups is 1. The topological polar surface area (TPSA) is 68.8 Å². The third-order valence-corrected chi connectivity index (χ3v) is 3.45. The Labute approximate surface area is 134 Å². The van der Waals surface area contributed by atoms with Crippen molar-refractivity contribution in [2.45, 2.75) is 6.54 Å². The van der Waals surface area contributed by atoms with Crippen LogP contribution in [0.2, 0.25) is 0 Å². The van der Waals surface area contributed by atoms with Crippen LogP contribution < -0.4 is 24.8 Å². The molecule has 0 atom stereocenters. The van der Waals surface area contributed by atoms with Crippen LogP contribution >= 0.6 is 0 Å². The average molecular weight is 314 g/mol. The van der Waals surface area contributed by atoms with Crippen molar-refractivity contribution in [1.29, 1.82) is 0 Å². The molecule has 0 unspecified atom stereocenters. The van der Waals surface area contributed by atoms with Crippen molar-refractivity contribution in [1.82, 2.24) is 5.32 Å². The SMILES string of the molecule is COc1ccccc1CNCC(=O)Nc1ccc2c(c1)OCO2. The molecule has 0 fully saturated rings. The maximum atomic E-state index is 12.0. The molecule has 2 aromatic rings. The lowest BCUT2D eigenvalue weighted by molar-refractivity contribution is -0.115. The molecule has 6 heteroatoms. The van der Waals surface area contributed by atoms with Gasteiger partial charge in [0.1, 0.15) is 5.75 Å². The van der Waals surface area contributed by atoms with Gasteiger partial charge in [0.2, 0.25) is 12.7 Å². The zero-order valence-corrected chi connectivity index (χ0v) is 12.8. The highest BCUT2D eigenvalue weighted by Gasteiger charge is 2.14. The average Bonchev–Trinajstić information content (AvgIpc) is 3.03. The van der Waals surface area contributed by atoms with Crippen molar-refractivity contribution in [3.8, 4) is 17.2 Å². The molecule has 0 radical (unpaired) electrons. The van der Waals surface area contributed by atoms with Crippen LogP contribution in [0, 0.1) is 0 Å². The summed E-state index contributed by atoms with van der Waals surface area (Å²) in [6.45, 7) is 0.970. The molecule has 1 heterocycles. The number of amides is 1. The Kier molecular flexibility index (Phi) is 4.63. The lowest BCUT2D eigenvalue weighted by Gasteiger charge is -2.10. The molecule has 1 aliphatic rings. The van der Waals surface area contributed by atoms with Crippen LogP contribution in [0.25, 0.3) is 0 Å². The van der Waals surface area contributed by atoms with Gasteiger partial charge in [-0.1, -0.05) is 18.2 Å². The molecular formula is C17H18N2O4. The van der Waals surface area contributed by atoms with E-state index in [-0.39, 0.29) is 19.2 Å². The molecular weight excluding hydrogens is 296 g/mol. The van der Waals surface area contributed by atoms with Gasteiger partial charge in [-0.05, 0) is 18.2 Å². The minimum atomic E-state index is -0.126. The summed E-state index contributed by atoms with van der Waals surface area (Å²) >= 11 is 0. The van der Waals surface area contributed by atoms with Crippen LogP contribution in [0.4, 0.5) is 5.69 Å². The largest absolute Gasteiger partial charge is 0.496 e. The summed E-state index contributed by atoms with van der Waals surface area (Å²) in [7, 11) is 1.63. The Morgan fingerprint density at radius 3 is 2.87 bits per heavy atom. The first-order valence-electron chi connectivity index (χ1n) is 7.28. The highest BCUT2D eigenvalue weighted by Crippen LogP contribution is 2.34. The Bertz CT molecular complexity index is 703. The van der Waals surface area contributed by atoms with Gasteiger partial charge in [0.05, 0.1) is 13.7 Å². The van der Waals surface area contributed by atoms with E-state index in [1.807, 2.05) is 24.3 Å². The molecule has 120 valence electrons. The first-order chi connectivity index (χ1) is 11.3. The van der Waals surface area contributed by atoms with E-state index in [0.717, 1.165) is 11.3 Å². The van der Waals surface area contributed by atoms with Crippen molar-refractivity contribution in [2.24, 2.45) is 0 Å². The molecule has 0 bridgehead atoms. The summed E-state index contributed by atoms with van der Waals surface area (Å²) in [4.78, 5) is 12.0. The number of fused-ring (bicyclic) bond motifs is 1. The number of benzene rings is 2. The van der Waals surface area contributed by atoms with Crippen LogP contribution in [-0.4, -0.2) is 26.4 Å². The van der Waals surface area contributed by atoms with E-state index < -0.39 is 0 Å². The fraction of sp³-hybridized carbons (Fsp3) is 0.235. The standard InChI is InChI=1S/C17H18N2O4/c1-21-14-5-3-2-4-12(14)9-18-10-17(20)19-13-6-7-15-16(8-13)23-11-22-15/h2-8,18H,9-11H2,1H3,(H,19,20). The lowest BCUT2D eigenvalue weighted by Crippen LogP contribution is -2.27. The summed E-state index contributed by atoms with van der Waals surface area (Å²) < 4.78 is 15.8. The second-order valence-corrected chi connectivity index (χ2v) is 5.03. The van der Waals surface area contributed by atoms with Crippen molar-refractivity contribution in [3.05, 3.63) is 48.0 Å². The van der Waals surface area contributed by atoms with Gasteiger partial charge < -0.3 is 24.8 Å². The van der Waals surface area contributed by atoms with E-state index in [9.17, 15) is 4.79 Å². The fourth-order valence-corrected chi connectivity index (χ4v) is 2.34. The highest BCUT2D eigenvalue weighted by atomic mass is 16.7. The van der Waals surface area contributed by atoms with Crippen LogP contribution in [0.15, 0.2) is 42.5 Å². The molecule has 2 aromatic carbocycles. The normalized spacial score (nSPS) is 12.0. The van der Waals surface area contributed by atoms with E-state index in [0.29, 0.717) is 23.7 Å². The van der Waals surface area contributed by atoms with Crippen molar-refractivity contribution in [3.63, 3.8) is 0 Å². The number of anilines is 1. The summed E-state index contributed by atoms with van der Waals surface area (Å²) in [5.41, 5.74) is 1.68. The smallest absolute Gasteiger partial charge is 0.238 e. The Hall–Kier alpha value is -2.73. The van der Waals surface area contributed by atoms with Crippen LogP contribution in [0.1, 0.15) is 5.56 Å². The maximum absolute atomic E-state index is 12.0. The minimum absolute atomic E-state index is 0.126. The van der Waals surface area contributed by atoms with Gasteiger partial charge in [0, 0.05) is 23.9 Å². The number of ether oxygens (including phenoxy) is 3. The number of rotatable bonds is 6. The lowest BCUT2D eigenvalue weighted by atomic mass is 10.2. The molecule has 0 saturated heterocycles. The quantitative estimate of drug-likeness (QED) is 0.855. The predicted octanol–water partition coefficient (Wildman–Crippen LogP) is 2.15. The zero-order valence-electron chi connectivity index (χ0n) is 12.8. The molecule has 2 N–H and O–H groups in total. The van der Waals surface area contributed by atoms with Crippen LogP contribution in [0.3, 0.4) is 0 Å². The molecule has 3 rings (SSSR count). The van der Waals surface area contributed by atoms with Crippen molar-refractivity contribution >= 4 is 11.6 Å². The second kappa shape index (κ2) is 7.02. The van der Waals surface area contributed by atoms with Gasteiger partial charge in [0.15, 0.2) is 11.5 Å². The third kappa shape index (κ3) is 3.73. The summed E-state index contributed by atoms with van der Waals surface area (Å²) in [5.74, 6) is 2.01. The molecule has 0 aromatic heterocycles. The van der Waals surface area contributed by atoms with Gasteiger partial charge in [-0.2, -0.15) is 0 Å². The molecule has 1 aliphatic heterocycles. The predicted molar refractivity (Wildman–Crippen MR) is 85.9 cm³/mol. The summed E-state index contributed by atoms with van der Waals surface area (Å²) in [6, 6.07) is 13.0. The zero-order chi connectivity index (χ0) is 16.1. The van der Waals surface area contributed by atoms with Gasteiger partial charge in [0.25, 0.3) is 0 Å². The van der Waals surface area contributed by atoms with E-state index >= 15 is 0 Å². The Morgan fingerprint density at radius 1 is 1.17 bits per heavy atom. The van der Waals surface area contributed by atoms with Crippen LogP contribution in [0.5, 0.6) is 17.2 Å². The number of para-hydroxylation sites is 1. The number of methoxy groups -OCH3 is 1. The number of nitrogens with one attached hydrogen (secondary N) is 2. The molecule has 1 amide bonds. The van der Waals surface area contributed by atoms with Crippen molar-refractivity contribution < 1.29 is 19.0 Å². The van der Waals surface area contributed by atoms with Gasteiger partial charge in [-0.25, -0.2) is 0 Å². The molecule has 23 heavy (non-hydrogen) atoms. The van der Waals surface area contributed by atoms with E-state index in [4.69, 9.17) is 14.2 Å². The van der Waals surface area contributed by atoms with Crippen LogP contribution in [-0.2, 0) is 11.3 Å². The van der Waals surface area contributed by atoms with Gasteiger partial charge in [-0.15, -0.1) is 0 Å². The van der Waals surface area contributed by atoms with E-state index in [2.05, 4.69) is 10.6 Å². The van der Waals surface area contributed by atoms with E-state index in [1.54, 1.807) is 25.3 Å². The first-order valence-corrected chi connectivity index (χ1v) is 7.28. The molecule has 0 spiro atoms. The fourth-order valence-electron chi connectivity index (χ4n) is 2.34. The number of hydrogen-bond donors (Lipinski definition) is 2. The number of carbonyl (C=O) groups excluding carboxylic acids is 1. The first kappa shape index (κ1) is 15.2. The van der Waals surface area contributed by atoms with E-state index in [1.165, 1.54) is 0 Å². The Balaban J connectivity index is 1.50. The van der Waals surface area contributed by atoms with Crippen molar-refractivity contribution in [2.75, 3.05) is 25.8 Å². The Morgan fingerprint density at radius 2 is 2.00 bits per heavy atom. The summed E-state index contributed by atoms with van der Waals surface area (Å²) in [5, 5.41) is 5.92. The molecule has 6 nitrogen and oxygen atoms in total. The maximum Gasteiger partial charge on any atom is 0.238 e. The monoisotopic (exact) mass is 314 g/mol. The summed E-state index contributed by atoms with van der Waals surface area (Å²) in [6.07, 6.45) is 0. The second-order valence-electron chi connectivity index (χ2n) is 5.03. The van der Waals surface area contributed by atoms with Gasteiger partial charge >= 0.3 is 0 Å². The minimum Gasteiger partial charge on any atom is -0.496 e. The highest BCUT2D eigenvalue weighted by molar-refractivity contribution is 5.92. The molecule has 0 saturated carbocycles. The molecule has 0 aliphatic carbocycles.